The Morgan fingerprint density at radius 1 is 1.29 bits per heavy atom. The first-order chi connectivity index (χ1) is 10.1. The van der Waals surface area contributed by atoms with E-state index in [0.29, 0.717) is 38.3 Å². The number of carbonyl (C=O) groups is 1. The van der Waals surface area contributed by atoms with Crippen LogP contribution in [0.5, 0.6) is 0 Å². The van der Waals surface area contributed by atoms with E-state index in [1.807, 2.05) is 0 Å². The topological polar surface area (TPSA) is 90.7 Å². The smallest absolute Gasteiger partial charge is 0.273 e. The second-order valence-corrected chi connectivity index (χ2v) is 4.37. The quantitative estimate of drug-likeness (QED) is 0.399. The zero-order valence-corrected chi connectivity index (χ0v) is 12.0. The molecule has 116 valence electrons. The molecule has 7 nitrogen and oxygen atoms in total. The molecule has 1 aromatic rings. The Morgan fingerprint density at radius 2 is 2.05 bits per heavy atom. The maximum absolute atomic E-state index is 11.7. The number of ether oxygens (including phenoxy) is 2. The summed E-state index contributed by atoms with van der Waals surface area (Å²) in [4.78, 5) is 22.1. The highest BCUT2D eigenvalue weighted by Gasteiger charge is 2.14. The van der Waals surface area contributed by atoms with E-state index in [1.54, 1.807) is 25.3 Å². The summed E-state index contributed by atoms with van der Waals surface area (Å²) in [5.41, 5.74) is 0.381. The molecule has 0 radical (unpaired) electrons. The third kappa shape index (κ3) is 6.82. The molecule has 1 N–H and O–H groups in total. The van der Waals surface area contributed by atoms with E-state index in [2.05, 4.69) is 5.32 Å². The largest absolute Gasteiger partial charge is 0.382 e. The SMILES string of the molecule is COCCOCCCNC(=O)Cc1ccccc1[N+](=O)[O-]. The van der Waals surface area contributed by atoms with Gasteiger partial charge in [0.1, 0.15) is 0 Å². The molecule has 0 aliphatic carbocycles. The van der Waals surface area contributed by atoms with Crippen molar-refractivity contribution in [2.45, 2.75) is 12.8 Å². The second-order valence-electron chi connectivity index (χ2n) is 4.37. The highest BCUT2D eigenvalue weighted by molar-refractivity contribution is 5.79. The van der Waals surface area contributed by atoms with Gasteiger partial charge in [0.05, 0.1) is 24.6 Å². The minimum Gasteiger partial charge on any atom is -0.382 e. The van der Waals surface area contributed by atoms with Crippen molar-refractivity contribution in [3.63, 3.8) is 0 Å². The number of hydrogen-bond donors (Lipinski definition) is 1. The molecule has 1 amide bonds. The van der Waals surface area contributed by atoms with E-state index >= 15 is 0 Å². The van der Waals surface area contributed by atoms with Crippen molar-refractivity contribution in [2.75, 3.05) is 33.5 Å². The van der Waals surface area contributed by atoms with Gasteiger partial charge in [0.2, 0.25) is 5.91 Å². The molecule has 7 heteroatoms. The minimum absolute atomic E-state index is 0.00167. The molecule has 0 atom stereocenters. The molecular weight excluding hydrogens is 276 g/mol. The summed E-state index contributed by atoms with van der Waals surface area (Å²) in [6, 6.07) is 6.24. The Kier molecular flexibility index (Phi) is 8.00. The Morgan fingerprint density at radius 3 is 2.76 bits per heavy atom. The second kappa shape index (κ2) is 9.84. The van der Waals surface area contributed by atoms with Gasteiger partial charge in [-0.25, -0.2) is 0 Å². The van der Waals surface area contributed by atoms with E-state index < -0.39 is 4.92 Å². The standard InChI is InChI=1S/C14H20N2O5/c1-20-9-10-21-8-4-7-15-14(17)11-12-5-2-3-6-13(12)16(18)19/h2-3,5-6H,4,7-11H2,1H3,(H,15,17). The Labute approximate surface area is 123 Å². The third-order valence-electron chi connectivity index (χ3n) is 2.76. The van der Waals surface area contributed by atoms with Gasteiger partial charge in [-0.2, -0.15) is 0 Å². The Bertz CT molecular complexity index is 464. The van der Waals surface area contributed by atoms with Crippen molar-refractivity contribution < 1.29 is 19.2 Å². The molecule has 0 fully saturated rings. The number of nitrogens with one attached hydrogen (secondary N) is 1. The molecule has 1 rings (SSSR count). The summed E-state index contributed by atoms with van der Waals surface area (Å²) in [6.07, 6.45) is 0.689. The highest BCUT2D eigenvalue weighted by Crippen LogP contribution is 2.17. The van der Waals surface area contributed by atoms with Gasteiger partial charge in [-0.3, -0.25) is 14.9 Å². The van der Waals surface area contributed by atoms with Crippen molar-refractivity contribution in [3.8, 4) is 0 Å². The average molecular weight is 296 g/mol. The summed E-state index contributed by atoms with van der Waals surface area (Å²) < 4.78 is 10.1. The number of carbonyl (C=O) groups excluding carboxylic acids is 1. The third-order valence-corrected chi connectivity index (χ3v) is 2.76. The van der Waals surface area contributed by atoms with Gasteiger partial charge in [0.15, 0.2) is 0 Å². The van der Waals surface area contributed by atoms with Crippen LogP contribution in [0.25, 0.3) is 0 Å². The predicted octanol–water partition coefficient (Wildman–Crippen LogP) is 1.31. The molecule has 0 saturated carbocycles. The van der Waals surface area contributed by atoms with Gasteiger partial charge >= 0.3 is 0 Å². The average Bonchev–Trinajstić information content (AvgIpc) is 2.46. The van der Waals surface area contributed by atoms with Crippen molar-refractivity contribution >= 4 is 11.6 Å². The maximum Gasteiger partial charge on any atom is 0.273 e. The molecule has 0 aliphatic rings. The maximum atomic E-state index is 11.7. The van der Waals surface area contributed by atoms with Gasteiger partial charge in [-0.05, 0) is 6.42 Å². The lowest BCUT2D eigenvalue weighted by atomic mass is 10.1. The number of methoxy groups -OCH3 is 1. The van der Waals surface area contributed by atoms with Gasteiger partial charge < -0.3 is 14.8 Å². The van der Waals surface area contributed by atoms with Crippen LogP contribution in [0.2, 0.25) is 0 Å². The van der Waals surface area contributed by atoms with Crippen LogP contribution in [0, 0.1) is 10.1 Å². The van der Waals surface area contributed by atoms with Crippen LogP contribution in [-0.4, -0.2) is 44.3 Å². The lowest BCUT2D eigenvalue weighted by Gasteiger charge is -2.06. The number of nitro benzene ring substituents is 1. The fraction of sp³-hybridized carbons (Fsp3) is 0.500. The van der Waals surface area contributed by atoms with Gasteiger partial charge in [-0.1, -0.05) is 18.2 Å². The Hall–Kier alpha value is -1.99. The lowest BCUT2D eigenvalue weighted by molar-refractivity contribution is -0.385. The molecule has 0 aromatic heterocycles. The summed E-state index contributed by atoms with van der Waals surface area (Å²) in [6.45, 7) is 2.09. The van der Waals surface area contributed by atoms with Gasteiger partial charge in [0.25, 0.3) is 5.69 Å². The summed E-state index contributed by atoms with van der Waals surface area (Å²) >= 11 is 0. The van der Waals surface area contributed by atoms with Crippen molar-refractivity contribution in [1.29, 1.82) is 0 Å². The number of amides is 1. The Balaban J connectivity index is 2.27. The molecule has 0 heterocycles. The van der Waals surface area contributed by atoms with Crippen LogP contribution in [0.3, 0.4) is 0 Å². The molecule has 21 heavy (non-hydrogen) atoms. The van der Waals surface area contributed by atoms with E-state index in [4.69, 9.17) is 9.47 Å². The number of nitro groups is 1. The van der Waals surface area contributed by atoms with Crippen LogP contribution in [0.4, 0.5) is 5.69 Å². The lowest BCUT2D eigenvalue weighted by Crippen LogP contribution is -2.27. The zero-order valence-electron chi connectivity index (χ0n) is 12.0. The van der Waals surface area contributed by atoms with Crippen LogP contribution in [0.1, 0.15) is 12.0 Å². The fourth-order valence-electron chi connectivity index (χ4n) is 1.72. The monoisotopic (exact) mass is 296 g/mol. The number of hydrogen-bond acceptors (Lipinski definition) is 5. The summed E-state index contributed by atoms with van der Waals surface area (Å²) in [7, 11) is 1.60. The number of nitrogens with zero attached hydrogens (tertiary/aromatic N) is 1. The molecule has 0 saturated heterocycles. The van der Waals surface area contributed by atoms with E-state index in [0.717, 1.165) is 0 Å². The van der Waals surface area contributed by atoms with Crippen LogP contribution in [-0.2, 0) is 20.7 Å². The number of benzene rings is 1. The fourth-order valence-corrected chi connectivity index (χ4v) is 1.72. The molecule has 1 aromatic carbocycles. The van der Waals surface area contributed by atoms with Crippen LogP contribution < -0.4 is 5.32 Å². The number of rotatable bonds is 10. The molecule has 0 unspecified atom stereocenters. The van der Waals surface area contributed by atoms with E-state index in [-0.39, 0.29) is 18.0 Å². The predicted molar refractivity (Wildman–Crippen MR) is 77.1 cm³/mol. The molecular formula is C14H20N2O5. The molecule has 0 bridgehead atoms. The first-order valence-corrected chi connectivity index (χ1v) is 6.71. The zero-order chi connectivity index (χ0) is 15.5. The van der Waals surface area contributed by atoms with Gasteiger partial charge in [0, 0.05) is 31.9 Å². The van der Waals surface area contributed by atoms with E-state index in [9.17, 15) is 14.9 Å². The summed E-state index contributed by atoms with van der Waals surface area (Å²) in [5, 5.41) is 13.6. The van der Waals surface area contributed by atoms with Crippen molar-refractivity contribution in [2.24, 2.45) is 0 Å². The van der Waals surface area contributed by atoms with E-state index in [1.165, 1.54) is 6.07 Å². The van der Waals surface area contributed by atoms with Gasteiger partial charge in [-0.15, -0.1) is 0 Å². The summed E-state index contributed by atoms with van der Waals surface area (Å²) in [5.74, 6) is -0.235. The van der Waals surface area contributed by atoms with Crippen molar-refractivity contribution in [1.82, 2.24) is 5.32 Å². The first kappa shape index (κ1) is 17.1. The molecule has 0 aliphatic heterocycles. The normalized spacial score (nSPS) is 10.3. The molecule has 0 spiro atoms. The van der Waals surface area contributed by atoms with Crippen LogP contribution in [0.15, 0.2) is 24.3 Å². The minimum atomic E-state index is -0.480. The van der Waals surface area contributed by atoms with Crippen molar-refractivity contribution in [3.05, 3.63) is 39.9 Å². The highest BCUT2D eigenvalue weighted by atomic mass is 16.6. The number of para-hydroxylation sites is 1. The van der Waals surface area contributed by atoms with Crippen LogP contribution >= 0.6 is 0 Å². The first-order valence-electron chi connectivity index (χ1n) is 6.71.